The molecule has 0 fully saturated rings. The standard InChI is InChI=1S/2CHCl3.CH2O3.2K/c3*2-1(3)4;;/h2*1H;(H2,2,3,4);;/q;;;2*+1/p-2. The fourth-order valence-corrected chi connectivity index (χ4v) is 0. The van der Waals surface area contributed by atoms with Gasteiger partial charge in [-0.3, -0.25) is 0 Å². The third-order valence-corrected chi connectivity index (χ3v) is 0. The third-order valence-electron chi connectivity index (χ3n) is 0. The van der Waals surface area contributed by atoms with Crippen LogP contribution in [-0.4, -0.2) is 14.7 Å². The van der Waals surface area contributed by atoms with Crippen LogP contribution >= 0.6 is 69.6 Å². The van der Waals surface area contributed by atoms with E-state index in [2.05, 4.69) is 0 Å². The van der Waals surface area contributed by atoms with Gasteiger partial charge in [0.05, 0.1) is 0 Å². The van der Waals surface area contributed by atoms with E-state index < -0.39 is 14.7 Å². The zero-order chi connectivity index (χ0) is 10.7. The number of rotatable bonds is 0. The van der Waals surface area contributed by atoms with E-state index in [1.54, 1.807) is 0 Å². The Kier molecular flexibility index (Phi) is 57.4. The van der Waals surface area contributed by atoms with Crippen LogP contribution in [0.2, 0.25) is 0 Å². The summed E-state index contributed by atoms with van der Waals surface area (Å²) in [5, 5.41) is 16.7. The van der Waals surface area contributed by atoms with Crippen molar-refractivity contribution in [1.29, 1.82) is 0 Å². The summed E-state index contributed by atoms with van der Waals surface area (Å²) in [7, 11) is 0. The van der Waals surface area contributed by atoms with Crippen LogP contribution in [0.25, 0.3) is 0 Å². The van der Waals surface area contributed by atoms with Crippen LogP contribution in [0.3, 0.4) is 0 Å². The molecule has 11 heteroatoms. The van der Waals surface area contributed by atoms with Gasteiger partial charge >= 0.3 is 103 Å². The first-order valence-corrected chi connectivity index (χ1v) is 4.54. The van der Waals surface area contributed by atoms with E-state index in [0.29, 0.717) is 0 Å². The van der Waals surface area contributed by atoms with Gasteiger partial charge in [0.1, 0.15) is 0 Å². The molecular formula is C3H2Cl6K2O3. The molecule has 0 aromatic rings. The number of hydrogen-bond acceptors (Lipinski definition) is 3. The first kappa shape index (κ1) is 31.0. The van der Waals surface area contributed by atoms with Crippen LogP contribution in [0.5, 0.6) is 0 Å². The molecule has 0 radical (unpaired) electrons. The third kappa shape index (κ3) is 207. The Morgan fingerprint density at radius 2 is 0.786 bits per heavy atom. The summed E-state index contributed by atoms with van der Waals surface area (Å²) < 4.78 is -1.50. The van der Waals surface area contributed by atoms with Gasteiger partial charge in [0.2, 0.25) is 0 Å². The Morgan fingerprint density at radius 3 is 0.786 bits per heavy atom. The first-order chi connectivity index (χ1) is 5.20. The van der Waals surface area contributed by atoms with Crippen molar-refractivity contribution < 1.29 is 118 Å². The molecule has 0 unspecified atom stereocenters. The normalized spacial score (nSPS) is 6.86. The van der Waals surface area contributed by atoms with E-state index in [1.165, 1.54) is 0 Å². The van der Waals surface area contributed by atoms with Gasteiger partial charge in [-0.2, -0.15) is 0 Å². The summed E-state index contributed by atoms with van der Waals surface area (Å²) in [5.74, 6) is 0. The SMILES string of the molecule is ClC(Cl)Cl.ClC(Cl)Cl.O=C([O-])[O-].[K+].[K+]. The second kappa shape index (κ2) is 26.0. The van der Waals surface area contributed by atoms with Crippen LogP contribution in [-0.2, 0) is 0 Å². The maximum absolute atomic E-state index is 8.33. The van der Waals surface area contributed by atoms with Gasteiger partial charge < -0.3 is 15.0 Å². The fraction of sp³-hybridized carbons (Fsp3) is 0.667. The number of carbonyl (C=O) groups excluding carboxylic acids is 1. The molecule has 14 heavy (non-hydrogen) atoms. The van der Waals surface area contributed by atoms with Crippen LogP contribution < -0.4 is 113 Å². The Balaban J connectivity index is -0.0000000270. The summed E-state index contributed by atoms with van der Waals surface area (Å²) in [4.78, 5) is 8.33. The van der Waals surface area contributed by atoms with Crippen molar-refractivity contribution in [2.75, 3.05) is 0 Å². The van der Waals surface area contributed by atoms with Crippen LogP contribution in [0.15, 0.2) is 0 Å². The minimum Gasteiger partial charge on any atom is -0.652 e. The van der Waals surface area contributed by atoms with E-state index in [9.17, 15) is 0 Å². The van der Waals surface area contributed by atoms with Gasteiger partial charge in [-0.25, -0.2) is 0 Å². The van der Waals surface area contributed by atoms with E-state index in [-0.39, 0.29) is 103 Å². The molecule has 0 aliphatic rings. The minimum atomic E-state index is -2.33. The molecular weight excluding hydrogens is 375 g/mol. The van der Waals surface area contributed by atoms with E-state index >= 15 is 0 Å². The molecule has 0 saturated carbocycles. The van der Waals surface area contributed by atoms with Gasteiger partial charge in [0.15, 0.2) is 8.59 Å². The average Bonchev–Trinajstić information content (AvgIpc) is 1.54. The maximum Gasteiger partial charge on any atom is 1.00 e. The Morgan fingerprint density at radius 1 is 0.786 bits per heavy atom. The van der Waals surface area contributed by atoms with Gasteiger partial charge in [-0.05, 0) is 6.16 Å². The minimum absolute atomic E-state index is 0. The zero-order valence-corrected chi connectivity index (χ0v) is 17.9. The van der Waals surface area contributed by atoms with Gasteiger partial charge in [0, 0.05) is 0 Å². The van der Waals surface area contributed by atoms with E-state index in [0.717, 1.165) is 0 Å². The predicted molar refractivity (Wildman–Crippen MR) is 48.1 cm³/mol. The van der Waals surface area contributed by atoms with E-state index in [4.69, 9.17) is 84.6 Å². The molecule has 0 bridgehead atoms. The number of carboxylic acid groups (broad SMARTS) is 2. The van der Waals surface area contributed by atoms with Crippen LogP contribution in [0.4, 0.5) is 4.79 Å². The molecule has 0 saturated heterocycles. The summed E-state index contributed by atoms with van der Waals surface area (Å²) in [6.45, 7) is 0. The van der Waals surface area contributed by atoms with Crippen molar-refractivity contribution in [2.45, 2.75) is 8.59 Å². The molecule has 0 amide bonds. The fourth-order valence-electron chi connectivity index (χ4n) is 0. The summed E-state index contributed by atoms with van der Waals surface area (Å²) in [5.41, 5.74) is 0. The number of alkyl halides is 6. The largest absolute Gasteiger partial charge is 1.00 e. The number of halogens is 6. The molecule has 0 spiro atoms. The topological polar surface area (TPSA) is 63.2 Å². The van der Waals surface area contributed by atoms with Crippen molar-refractivity contribution in [3.63, 3.8) is 0 Å². The number of carbonyl (C=O) groups is 1. The van der Waals surface area contributed by atoms with Crippen LogP contribution in [0.1, 0.15) is 0 Å². The van der Waals surface area contributed by atoms with E-state index in [1.807, 2.05) is 0 Å². The molecule has 0 heterocycles. The molecule has 0 aromatic heterocycles. The first-order valence-electron chi connectivity index (χ1n) is 1.92. The van der Waals surface area contributed by atoms with Crippen molar-refractivity contribution in [3.05, 3.63) is 0 Å². The molecule has 0 aliphatic heterocycles. The molecule has 0 rings (SSSR count). The summed E-state index contributed by atoms with van der Waals surface area (Å²) in [6, 6.07) is 0. The molecule has 0 N–H and O–H groups in total. The molecule has 0 aliphatic carbocycles. The summed E-state index contributed by atoms with van der Waals surface area (Å²) >= 11 is 28.8. The molecule has 0 atom stereocenters. The second-order valence-electron chi connectivity index (χ2n) is 0.745. The van der Waals surface area contributed by atoms with Gasteiger partial charge in [0.25, 0.3) is 0 Å². The Hall–Kier alpha value is 4.28. The summed E-state index contributed by atoms with van der Waals surface area (Å²) in [6.07, 6.45) is -2.33. The average molecular weight is 377 g/mol. The Labute approximate surface area is 197 Å². The van der Waals surface area contributed by atoms with Gasteiger partial charge in [-0.15, -0.1) is 0 Å². The maximum atomic E-state index is 8.33. The molecule has 3 nitrogen and oxygen atoms in total. The van der Waals surface area contributed by atoms with Crippen molar-refractivity contribution in [2.24, 2.45) is 0 Å². The van der Waals surface area contributed by atoms with Crippen molar-refractivity contribution in [1.82, 2.24) is 0 Å². The molecule has 76 valence electrons. The smallest absolute Gasteiger partial charge is 0.652 e. The second-order valence-corrected chi connectivity index (χ2v) is 4.70. The van der Waals surface area contributed by atoms with Crippen molar-refractivity contribution >= 4 is 75.8 Å². The van der Waals surface area contributed by atoms with Crippen LogP contribution in [0, 0.1) is 0 Å². The predicted octanol–water partition coefficient (Wildman–Crippen LogP) is -4.47. The Bertz CT molecular complexity index is 88.8. The van der Waals surface area contributed by atoms with Gasteiger partial charge in [-0.1, -0.05) is 69.6 Å². The zero-order valence-electron chi connectivity index (χ0n) is 7.15. The quantitative estimate of drug-likeness (QED) is 0.316. The van der Waals surface area contributed by atoms with Crippen molar-refractivity contribution in [3.8, 4) is 0 Å². The number of hydrogen-bond donors (Lipinski definition) is 0. The monoisotopic (exact) mass is 374 g/mol. The molecule has 0 aromatic carbocycles.